The van der Waals surface area contributed by atoms with Crippen LogP contribution in [-0.2, 0) is 4.79 Å². The third kappa shape index (κ3) is 3.42. The molecule has 1 aromatic rings. The predicted octanol–water partition coefficient (Wildman–Crippen LogP) is 2.62. The van der Waals surface area contributed by atoms with Crippen molar-refractivity contribution in [3.8, 4) is 0 Å². The van der Waals surface area contributed by atoms with Crippen LogP contribution >= 0.6 is 11.8 Å². The van der Waals surface area contributed by atoms with E-state index in [2.05, 4.69) is 5.32 Å². The molecule has 1 saturated heterocycles. The lowest BCUT2D eigenvalue weighted by Crippen LogP contribution is -2.36. The van der Waals surface area contributed by atoms with Gasteiger partial charge in [-0.3, -0.25) is 4.79 Å². The van der Waals surface area contributed by atoms with Crippen LogP contribution in [0.3, 0.4) is 0 Å². The van der Waals surface area contributed by atoms with Crippen molar-refractivity contribution in [3.05, 3.63) is 24.3 Å². The fourth-order valence-electron chi connectivity index (χ4n) is 2.05. The topological polar surface area (TPSA) is 32.3 Å². The second kappa shape index (κ2) is 5.42. The molecule has 104 valence electrons. The predicted molar refractivity (Wildman–Crippen MR) is 68.2 cm³/mol. The smallest absolute Gasteiger partial charge is 0.311 e. The van der Waals surface area contributed by atoms with E-state index in [1.807, 2.05) is 0 Å². The first-order valence-corrected chi connectivity index (χ1v) is 6.57. The molecule has 0 saturated carbocycles. The van der Waals surface area contributed by atoms with Gasteiger partial charge in [-0.05, 0) is 43.4 Å². The number of anilines is 1. The number of hydrogen-bond acceptors (Lipinski definition) is 3. The zero-order valence-electron chi connectivity index (χ0n) is 10.2. The molecule has 1 N–H and O–H groups in total. The van der Waals surface area contributed by atoms with E-state index in [9.17, 15) is 18.0 Å². The van der Waals surface area contributed by atoms with E-state index in [0.29, 0.717) is 18.7 Å². The summed E-state index contributed by atoms with van der Waals surface area (Å²) in [6.45, 7) is 0.518. The monoisotopic (exact) mass is 290 g/mol. The molecule has 0 radical (unpaired) electrons. The summed E-state index contributed by atoms with van der Waals surface area (Å²) >= 11 is -0.172. The van der Waals surface area contributed by atoms with Crippen LogP contribution < -0.4 is 10.2 Å². The zero-order chi connectivity index (χ0) is 14.0. The number of hydrogen-bond donors (Lipinski definition) is 1. The molecule has 19 heavy (non-hydrogen) atoms. The van der Waals surface area contributed by atoms with Crippen LogP contribution in [0.25, 0.3) is 0 Å². The summed E-state index contributed by atoms with van der Waals surface area (Å²) in [6.07, 6.45) is 0.659. The Bertz CT molecular complexity index is 478. The summed E-state index contributed by atoms with van der Waals surface area (Å²) in [7, 11) is 1.70. The lowest BCUT2D eigenvalue weighted by Gasteiger charge is -2.17. The van der Waals surface area contributed by atoms with Gasteiger partial charge in [-0.15, -0.1) is 0 Å². The SMILES string of the molecule is CNC1CCN(c2cccc(SC(F)(F)F)c2)C1=O. The molecule has 0 spiro atoms. The van der Waals surface area contributed by atoms with E-state index < -0.39 is 5.51 Å². The summed E-state index contributed by atoms with van der Waals surface area (Å²) in [4.78, 5) is 13.6. The minimum absolute atomic E-state index is 0.0886. The molecule has 7 heteroatoms. The molecule has 0 aromatic heterocycles. The van der Waals surface area contributed by atoms with Crippen molar-refractivity contribution in [2.75, 3.05) is 18.5 Å². The number of nitrogens with zero attached hydrogens (tertiary/aromatic N) is 1. The van der Waals surface area contributed by atoms with Gasteiger partial charge in [0.15, 0.2) is 0 Å². The third-order valence-corrected chi connectivity index (χ3v) is 3.64. The van der Waals surface area contributed by atoms with Crippen LogP contribution in [0.1, 0.15) is 6.42 Å². The average molecular weight is 290 g/mol. The van der Waals surface area contributed by atoms with Gasteiger partial charge >= 0.3 is 5.51 Å². The highest BCUT2D eigenvalue weighted by Crippen LogP contribution is 2.38. The van der Waals surface area contributed by atoms with E-state index in [1.165, 1.54) is 23.1 Å². The number of amides is 1. The summed E-state index contributed by atoms with van der Waals surface area (Å²) in [5.41, 5.74) is -3.81. The van der Waals surface area contributed by atoms with Crippen molar-refractivity contribution in [1.82, 2.24) is 5.32 Å². The summed E-state index contributed by atoms with van der Waals surface area (Å²) in [5, 5.41) is 2.89. The van der Waals surface area contributed by atoms with Gasteiger partial charge in [0, 0.05) is 17.1 Å². The first kappa shape index (κ1) is 14.2. The Kier molecular flexibility index (Phi) is 4.05. The van der Waals surface area contributed by atoms with Crippen molar-refractivity contribution in [3.63, 3.8) is 0 Å². The number of halogens is 3. The molecule has 3 nitrogen and oxygen atoms in total. The van der Waals surface area contributed by atoms with Gasteiger partial charge in [0.1, 0.15) is 0 Å². The molecule has 1 aliphatic rings. The highest BCUT2D eigenvalue weighted by atomic mass is 32.2. The van der Waals surface area contributed by atoms with Crippen molar-refractivity contribution in [1.29, 1.82) is 0 Å². The second-order valence-corrected chi connectivity index (χ2v) is 5.30. The number of carbonyl (C=O) groups excluding carboxylic acids is 1. The van der Waals surface area contributed by atoms with Gasteiger partial charge in [-0.1, -0.05) is 6.07 Å². The number of likely N-dealkylation sites (N-methyl/N-ethyl adjacent to an activating group) is 1. The van der Waals surface area contributed by atoms with Crippen molar-refractivity contribution in [2.24, 2.45) is 0 Å². The second-order valence-electron chi connectivity index (χ2n) is 4.16. The molecule has 1 aromatic carbocycles. The number of thioether (sulfide) groups is 1. The largest absolute Gasteiger partial charge is 0.446 e. The maximum atomic E-state index is 12.3. The van der Waals surface area contributed by atoms with Crippen LogP contribution in [0.4, 0.5) is 18.9 Å². The van der Waals surface area contributed by atoms with Crippen molar-refractivity contribution < 1.29 is 18.0 Å². The first-order valence-electron chi connectivity index (χ1n) is 5.75. The summed E-state index contributed by atoms with van der Waals surface area (Å²) < 4.78 is 36.9. The van der Waals surface area contributed by atoms with Crippen molar-refractivity contribution in [2.45, 2.75) is 22.9 Å². The fraction of sp³-hybridized carbons (Fsp3) is 0.417. The Morgan fingerprint density at radius 1 is 1.42 bits per heavy atom. The van der Waals surface area contributed by atoms with Crippen LogP contribution in [0.2, 0.25) is 0 Å². The van der Waals surface area contributed by atoms with Crippen molar-refractivity contribution >= 4 is 23.4 Å². The minimum atomic E-state index is -4.32. The highest BCUT2D eigenvalue weighted by Gasteiger charge is 2.32. The quantitative estimate of drug-likeness (QED) is 0.869. The number of nitrogens with one attached hydrogen (secondary N) is 1. The van der Waals surface area contributed by atoms with E-state index in [-0.39, 0.29) is 28.6 Å². The fourth-order valence-corrected chi connectivity index (χ4v) is 2.65. The Morgan fingerprint density at radius 2 is 2.16 bits per heavy atom. The molecular weight excluding hydrogens is 277 g/mol. The van der Waals surface area contributed by atoms with Crippen LogP contribution in [-0.4, -0.2) is 31.0 Å². The Hall–Kier alpha value is -1.21. The standard InChI is InChI=1S/C12H13F3N2OS/c1-16-10-5-6-17(11(10)18)8-3-2-4-9(7-8)19-12(13,14)15/h2-4,7,10,16H,5-6H2,1H3. The molecule has 1 heterocycles. The zero-order valence-corrected chi connectivity index (χ0v) is 11.0. The molecule has 1 amide bonds. The van der Waals surface area contributed by atoms with Gasteiger partial charge in [-0.25, -0.2) is 0 Å². The molecule has 1 atom stereocenters. The molecule has 1 unspecified atom stereocenters. The van der Waals surface area contributed by atoms with Crippen LogP contribution in [0.15, 0.2) is 29.2 Å². The normalized spacial score (nSPS) is 20.1. The Balaban J connectivity index is 2.18. The molecule has 1 fully saturated rings. The average Bonchev–Trinajstić information content (AvgIpc) is 2.68. The number of alkyl halides is 3. The maximum absolute atomic E-state index is 12.3. The van der Waals surface area contributed by atoms with Crippen LogP contribution in [0, 0.1) is 0 Å². The first-order chi connectivity index (χ1) is 8.90. The number of carbonyl (C=O) groups is 1. The Labute approximate surface area is 113 Å². The molecule has 0 bridgehead atoms. The third-order valence-electron chi connectivity index (χ3n) is 2.92. The van der Waals surface area contributed by atoms with Gasteiger partial charge < -0.3 is 10.2 Å². The summed E-state index contributed by atoms with van der Waals surface area (Å²) in [5.74, 6) is -0.100. The lowest BCUT2D eigenvalue weighted by atomic mass is 10.2. The van der Waals surface area contributed by atoms with E-state index in [0.717, 1.165) is 0 Å². The van der Waals surface area contributed by atoms with Gasteiger partial charge in [0.2, 0.25) is 5.91 Å². The van der Waals surface area contributed by atoms with Gasteiger partial charge in [0.25, 0.3) is 0 Å². The molecular formula is C12H13F3N2OS. The van der Waals surface area contributed by atoms with Crippen LogP contribution in [0.5, 0.6) is 0 Å². The molecule has 0 aliphatic carbocycles. The number of rotatable bonds is 3. The Morgan fingerprint density at radius 3 is 2.74 bits per heavy atom. The minimum Gasteiger partial charge on any atom is -0.311 e. The van der Waals surface area contributed by atoms with E-state index in [1.54, 1.807) is 13.1 Å². The molecule has 2 rings (SSSR count). The van der Waals surface area contributed by atoms with E-state index >= 15 is 0 Å². The maximum Gasteiger partial charge on any atom is 0.446 e. The highest BCUT2D eigenvalue weighted by molar-refractivity contribution is 8.00. The van der Waals surface area contributed by atoms with Gasteiger partial charge in [0.05, 0.1) is 6.04 Å². The molecule has 1 aliphatic heterocycles. The lowest BCUT2D eigenvalue weighted by molar-refractivity contribution is -0.118. The number of benzene rings is 1. The van der Waals surface area contributed by atoms with Gasteiger partial charge in [-0.2, -0.15) is 13.2 Å². The summed E-state index contributed by atoms with van der Waals surface area (Å²) in [6, 6.07) is 5.71. The van der Waals surface area contributed by atoms with E-state index in [4.69, 9.17) is 0 Å².